The average Bonchev–Trinajstić information content (AvgIpc) is 3.30. The SMILES string of the molecule is Cc1cc(C)n(C[C@@H]2CCCO2)c(=O)c1C(=O)Nc1cccc2[nH]ccc12. The van der Waals surface area contributed by atoms with Crippen molar-refractivity contribution in [3.05, 3.63) is 63.7 Å². The monoisotopic (exact) mass is 365 g/mol. The van der Waals surface area contributed by atoms with Gasteiger partial charge < -0.3 is 19.6 Å². The standard InChI is InChI=1S/C21H23N3O3/c1-13-11-14(2)24(12-15-5-4-10-27-15)21(26)19(13)20(25)23-18-7-3-6-17-16(18)8-9-22-17/h3,6-9,11,15,22H,4-5,10,12H2,1-2H3,(H,23,25)/t15-/m0/s1. The fourth-order valence-electron chi connectivity index (χ4n) is 3.80. The topological polar surface area (TPSA) is 76.1 Å². The quantitative estimate of drug-likeness (QED) is 0.744. The number of carbonyl (C=O) groups is 1. The normalized spacial score (nSPS) is 16.7. The van der Waals surface area contributed by atoms with Gasteiger partial charge >= 0.3 is 0 Å². The molecule has 1 fully saturated rings. The Morgan fingerprint density at radius 1 is 1.33 bits per heavy atom. The molecule has 0 aliphatic carbocycles. The maximum Gasteiger partial charge on any atom is 0.263 e. The minimum atomic E-state index is -0.382. The number of carbonyl (C=O) groups excluding carboxylic acids is 1. The molecular formula is C21H23N3O3. The number of nitrogens with zero attached hydrogens (tertiary/aromatic N) is 1. The predicted octanol–water partition coefficient (Wildman–Crippen LogP) is 3.38. The van der Waals surface area contributed by atoms with Crippen molar-refractivity contribution >= 4 is 22.5 Å². The fourth-order valence-corrected chi connectivity index (χ4v) is 3.80. The van der Waals surface area contributed by atoms with Crippen LogP contribution < -0.4 is 10.9 Å². The molecule has 1 aliphatic heterocycles. The summed E-state index contributed by atoms with van der Waals surface area (Å²) in [5.74, 6) is -0.382. The van der Waals surface area contributed by atoms with Crippen molar-refractivity contribution in [3.63, 3.8) is 0 Å². The number of fused-ring (bicyclic) bond motifs is 1. The maximum absolute atomic E-state index is 13.1. The first-order valence-electron chi connectivity index (χ1n) is 9.24. The second-order valence-corrected chi connectivity index (χ2v) is 7.09. The molecule has 1 aliphatic rings. The number of benzene rings is 1. The van der Waals surface area contributed by atoms with Crippen LogP contribution in [0.15, 0.2) is 41.3 Å². The van der Waals surface area contributed by atoms with E-state index in [1.165, 1.54) is 0 Å². The first-order chi connectivity index (χ1) is 13.0. The van der Waals surface area contributed by atoms with E-state index in [0.717, 1.165) is 36.0 Å². The van der Waals surface area contributed by atoms with Crippen LogP contribution in [-0.4, -0.2) is 28.2 Å². The van der Waals surface area contributed by atoms with E-state index in [1.807, 2.05) is 43.5 Å². The van der Waals surface area contributed by atoms with Crippen molar-refractivity contribution < 1.29 is 9.53 Å². The Bertz CT molecular complexity index is 1060. The first kappa shape index (κ1) is 17.5. The summed E-state index contributed by atoms with van der Waals surface area (Å²) in [5.41, 5.74) is 3.07. The van der Waals surface area contributed by atoms with Gasteiger partial charge in [-0.15, -0.1) is 0 Å². The average molecular weight is 365 g/mol. The molecule has 4 rings (SSSR count). The van der Waals surface area contributed by atoms with Gasteiger partial charge in [0.1, 0.15) is 5.56 Å². The van der Waals surface area contributed by atoms with Crippen LogP contribution in [0.4, 0.5) is 5.69 Å². The van der Waals surface area contributed by atoms with Gasteiger partial charge in [0.25, 0.3) is 11.5 Å². The van der Waals surface area contributed by atoms with E-state index in [0.29, 0.717) is 17.8 Å². The fraction of sp³-hybridized carbons (Fsp3) is 0.333. The number of pyridine rings is 1. The highest BCUT2D eigenvalue weighted by Gasteiger charge is 2.22. The lowest BCUT2D eigenvalue weighted by Crippen LogP contribution is -2.34. The van der Waals surface area contributed by atoms with Crippen molar-refractivity contribution in [2.45, 2.75) is 39.3 Å². The van der Waals surface area contributed by atoms with Gasteiger partial charge in [-0.25, -0.2) is 0 Å². The van der Waals surface area contributed by atoms with Gasteiger partial charge in [-0.05, 0) is 56.5 Å². The minimum absolute atomic E-state index is 0.0358. The van der Waals surface area contributed by atoms with Gasteiger partial charge in [-0.3, -0.25) is 9.59 Å². The Labute approximate surface area is 157 Å². The Morgan fingerprint density at radius 2 is 2.19 bits per heavy atom. The van der Waals surface area contributed by atoms with Crippen LogP contribution >= 0.6 is 0 Å². The smallest absolute Gasteiger partial charge is 0.263 e. The van der Waals surface area contributed by atoms with Gasteiger partial charge in [-0.1, -0.05) is 6.07 Å². The van der Waals surface area contributed by atoms with Crippen molar-refractivity contribution in [2.75, 3.05) is 11.9 Å². The number of hydrogen-bond acceptors (Lipinski definition) is 3. The van der Waals surface area contributed by atoms with Crippen LogP contribution in [0, 0.1) is 13.8 Å². The van der Waals surface area contributed by atoms with Crippen molar-refractivity contribution in [1.82, 2.24) is 9.55 Å². The Morgan fingerprint density at radius 3 is 2.96 bits per heavy atom. The van der Waals surface area contributed by atoms with Crippen LogP contribution in [0.5, 0.6) is 0 Å². The lowest BCUT2D eigenvalue weighted by Gasteiger charge is -2.17. The summed E-state index contributed by atoms with van der Waals surface area (Å²) < 4.78 is 7.33. The van der Waals surface area contributed by atoms with Crippen LogP contribution in [0.3, 0.4) is 0 Å². The molecule has 1 aromatic carbocycles. The number of aryl methyl sites for hydroxylation is 2. The zero-order chi connectivity index (χ0) is 19.0. The summed E-state index contributed by atoms with van der Waals surface area (Å²) in [4.78, 5) is 29.2. The van der Waals surface area contributed by atoms with E-state index in [1.54, 1.807) is 11.5 Å². The summed E-state index contributed by atoms with van der Waals surface area (Å²) in [5, 5.41) is 3.82. The molecule has 6 heteroatoms. The number of aromatic nitrogens is 2. The summed E-state index contributed by atoms with van der Waals surface area (Å²) >= 11 is 0. The molecule has 0 unspecified atom stereocenters. The largest absolute Gasteiger partial charge is 0.376 e. The van der Waals surface area contributed by atoms with Crippen LogP contribution in [-0.2, 0) is 11.3 Å². The number of ether oxygens (including phenoxy) is 1. The first-order valence-corrected chi connectivity index (χ1v) is 9.24. The minimum Gasteiger partial charge on any atom is -0.376 e. The number of H-pyrrole nitrogens is 1. The Balaban J connectivity index is 1.69. The third-order valence-electron chi connectivity index (χ3n) is 5.18. The number of rotatable bonds is 4. The number of amides is 1. The molecule has 3 aromatic rings. The van der Waals surface area contributed by atoms with E-state index in [2.05, 4.69) is 10.3 Å². The second kappa shape index (κ2) is 7.04. The highest BCUT2D eigenvalue weighted by Crippen LogP contribution is 2.23. The molecule has 0 radical (unpaired) electrons. The Hall–Kier alpha value is -2.86. The van der Waals surface area contributed by atoms with E-state index in [-0.39, 0.29) is 23.1 Å². The lowest BCUT2D eigenvalue weighted by molar-refractivity contribution is 0.0947. The van der Waals surface area contributed by atoms with Gasteiger partial charge in [0.05, 0.1) is 18.3 Å². The molecule has 3 heterocycles. The molecule has 27 heavy (non-hydrogen) atoms. The molecule has 1 saturated heterocycles. The van der Waals surface area contributed by atoms with Gasteiger partial charge in [0.15, 0.2) is 0 Å². The maximum atomic E-state index is 13.1. The zero-order valence-corrected chi connectivity index (χ0v) is 15.5. The molecule has 0 spiro atoms. The summed E-state index contributed by atoms with van der Waals surface area (Å²) in [7, 11) is 0. The predicted molar refractivity (Wildman–Crippen MR) is 105 cm³/mol. The third-order valence-corrected chi connectivity index (χ3v) is 5.18. The second-order valence-electron chi connectivity index (χ2n) is 7.09. The zero-order valence-electron chi connectivity index (χ0n) is 15.5. The third kappa shape index (κ3) is 3.28. The molecule has 2 N–H and O–H groups in total. The molecule has 140 valence electrons. The van der Waals surface area contributed by atoms with Gasteiger partial charge in [0, 0.05) is 29.4 Å². The number of anilines is 1. The van der Waals surface area contributed by atoms with Crippen LogP contribution in [0.25, 0.3) is 10.9 Å². The molecule has 1 atom stereocenters. The van der Waals surface area contributed by atoms with Crippen molar-refractivity contribution in [2.24, 2.45) is 0 Å². The van der Waals surface area contributed by atoms with E-state index in [9.17, 15) is 9.59 Å². The van der Waals surface area contributed by atoms with Crippen LogP contribution in [0.2, 0.25) is 0 Å². The summed E-state index contributed by atoms with van der Waals surface area (Å²) in [6.45, 7) is 4.92. The number of hydrogen-bond donors (Lipinski definition) is 2. The highest BCUT2D eigenvalue weighted by atomic mass is 16.5. The summed E-state index contributed by atoms with van der Waals surface area (Å²) in [6, 6.07) is 9.44. The summed E-state index contributed by atoms with van der Waals surface area (Å²) in [6.07, 6.45) is 3.81. The van der Waals surface area contributed by atoms with Gasteiger partial charge in [-0.2, -0.15) is 0 Å². The molecule has 2 aromatic heterocycles. The van der Waals surface area contributed by atoms with Crippen molar-refractivity contribution in [3.8, 4) is 0 Å². The lowest BCUT2D eigenvalue weighted by atomic mass is 10.1. The van der Waals surface area contributed by atoms with Gasteiger partial charge in [0.2, 0.25) is 0 Å². The van der Waals surface area contributed by atoms with E-state index < -0.39 is 0 Å². The highest BCUT2D eigenvalue weighted by molar-refractivity contribution is 6.09. The molecule has 1 amide bonds. The molecule has 0 bridgehead atoms. The van der Waals surface area contributed by atoms with Crippen LogP contribution in [0.1, 0.15) is 34.5 Å². The molecule has 0 saturated carbocycles. The Kier molecular flexibility index (Phi) is 4.58. The number of nitrogens with one attached hydrogen (secondary N) is 2. The van der Waals surface area contributed by atoms with Crippen molar-refractivity contribution in [1.29, 1.82) is 0 Å². The number of aromatic amines is 1. The van der Waals surface area contributed by atoms with E-state index in [4.69, 9.17) is 4.74 Å². The molecule has 6 nitrogen and oxygen atoms in total. The molecular weight excluding hydrogens is 342 g/mol. The van der Waals surface area contributed by atoms with E-state index >= 15 is 0 Å².